The number of ether oxygens (including phenoxy) is 1. The van der Waals surface area contributed by atoms with Crippen molar-refractivity contribution in [3.8, 4) is 5.75 Å². The van der Waals surface area contributed by atoms with Crippen LogP contribution in [-0.2, 0) is 22.8 Å². The largest absolute Gasteiger partial charge is 0.488 e. The summed E-state index contributed by atoms with van der Waals surface area (Å²) >= 11 is 4.21. The van der Waals surface area contributed by atoms with Crippen LogP contribution in [0.2, 0.25) is 0 Å². The summed E-state index contributed by atoms with van der Waals surface area (Å²) in [4.78, 5) is 0. The van der Waals surface area contributed by atoms with Crippen LogP contribution in [0.4, 0.5) is 13.2 Å². The Labute approximate surface area is 189 Å². The highest BCUT2D eigenvalue weighted by Crippen LogP contribution is 2.39. The van der Waals surface area contributed by atoms with Gasteiger partial charge in [-0.3, -0.25) is 0 Å². The summed E-state index contributed by atoms with van der Waals surface area (Å²) in [7, 11) is -2.75. The van der Waals surface area contributed by atoms with Crippen LogP contribution in [0.3, 0.4) is 0 Å². The standard InChI is InChI=1S/C20H17BrF3NO4S2/c1-25-31(26,27)18(30-2)10-14-15(20(22,23)24)4-3-5-17(14)29-11-12-8-13-6-7-28-19(13)16(21)9-12/h3-10,25H,11H2,1-2H3. The van der Waals surface area contributed by atoms with E-state index in [1.165, 1.54) is 31.7 Å². The van der Waals surface area contributed by atoms with Gasteiger partial charge in [0.2, 0.25) is 10.0 Å². The Morgan fingerprint density at radius 2 is 2.03 bits per heavy atom. The number of fused-ring (bicyclic) bond motifs is 1. The van der Waals surface area contributed by atoms with Crippen LogP contribution < -0.4 is 9.46 Å². The third-order valence-corrected chi connectivity index (χ3v) is 7.78. The van der Waals surface area contributed by atoms with Gasteiger partial charge in [-0.15, -0.1) is 11.8 Å². The summed E-state index contributed by atoms with van der Waals surface area (Å²) in [5, 5.41) is 0.807. The molecule has 1 N–H and O–H groups in total. The third-order valence-electron chi connectivity index (χ3n) is 4.33. The lowest BCUT2D eigenvalue weighted by Gasteiger charge is -2.16. The summed E-state index contributed by atoms with van der Waals surface area (Å²) in [6.07, 6.45) is -0.724. The molecule has 0 spiro atoms. The van der Waals surface area contributed by atoms with Gasteiger partial charge in [-0.25, -0.2) is 13.1 Å². The molecule has 11 heteroatoms. The van der Waals surface area contributed by atoms with E-state index in [0.717, 1.165) is 29.3 Å². The molecule has 3 aromatic rings. The first-order valence-corrected chi connectivity index (χ1v) is 12.2. The van der Waals surface area contributed by atoms with Gasteiger partial charge in [-0.2, -0.15) is 13.2 Å². The molecular formula is C20H17BrF3NO4S2. The van der Waals surface area contributed by atoms with E-state index >= 15 is 0 Å². The molecule has 1 heterocycles. The number of hydrogen-bond acceptors (Lipinski definition) is 5. The maximum absolute atomic E-state index is 13.6. The van der Waals surface area contributed by atoms with E-state index in [-0.39, 0.29) is 22.2 Å². The van der Waals surface area contributed by atoms with Crippen molar-refractivity contribution in [3.63, 3.8) is 0 Å². The molecule has 0 fully saturated rings. The molecule has 0 aliphatic carbocycles. The van der Waals surface area contributed by atoms with E-state index in [4.69, 9.17) is 9.15 Å². The SMILES string of the molecule is CNS(=O)(=O)C(=Cc1c(OCc2cc(Br)c3occc3c2)cccc1C(F)(F)F)SC. The van der Waals surface area contributed by atoms with Crippen molar-refractivity contribution in [1.82, 2.24) is 4.72 Å². The second kappa shape index (κ2) is 9.27. The Hall–Kier alpha value is -1.95. The Morgan fingerprint density at radius 1 is 1.29 bits per heavy atom. The molecule has 0 unspecified atom stereocenters. The molecule has 5 nitrogen and oxygen atoms in total. The fraction of sp³-hybridized carbons (Fsp3) is 0.200. The van der Waals surface area contributed by atoms with Gasteiger partial charge < -0.3 is 9.15 Å². The Morgan fingerprint density at radius 3 is 2.68 bits per heavy atom. The number of nitrogens with one attached hydrogen (secondary N) is 1. The Kier molecular flexibility index (Phi) is 7.09. The summed E-state index contributed by atoms with van der Waals surface area (Å²) in [6.45, 7) is -0.0325. The number of sulfonamides is 1. The highest BCUT2D eigenvalue weighted by molar-refractivity contribution is 9.10. The highest BCUT2D eigenvalue weighted by atomic mass is 79.9. The van der Waals surface area contributed by atoms with Crippen LogP contribution in [0.15, 0.2) is 55.8 Å². The normalized spacial score (nSPS) is 13.0. The predicted molar refractivity (Wildman–Crippen MR) is 119 cm³/mol. The van der Waals surface area contributed by atoms with Gasteiger partial charge in [0, 0.05) is 10.9 Å². The lowest BCUT2D eigenvalue weighted by molar-refractivity contribution is -0.137. The predicted octanol–water partition coefficient (Wildman–Crippen LogP) is 6.00. The summed E-state index contributed by atoms with van der Waals surface area (Å²) in [5.74, 6) is -0.0870. The summed E-state index contributed by atoms with van der Waals surface area (Å²) in [6, 6.07) is 8.78. The van der Waals surface area contributed by atoms with Crippen molar-refractivity contribution in [3.05, 3.63) is 68.1 Å². The quantitative estimate of drug-likeness (QED) is 0.401. The van der Waals surface area contributed by atoms with Gasteiger partial charge in [-0.1, -0.05) is 6.07 Å². The van der Waals surface area contributed by atoms with Gasteiger partial charge in [0.1, 0.15) is 22.2 Å². The lowest BCUT2D eigenvalue weighted by Crippen LogP contribution is -2.19. The fourth-order valence-corrected chi connectivity index (χ4v) is 5.33. The molecule has 0 aliphatic rings. The fourth-order valence-electron chi connectivity index (χ4n) is 2.87. The van der Waals surface area contributed by atoms with Crippen molar-refractivity contribution in [2.45, 2.75) is 12.8 Å². The molecule has 31 heavy (non-hydrogen) atoms. The van der Waals surface area contributed by atoms with E-state index in [1.54, 1.807) is 18.2 Å². The summed E-state index contributed by atoms with van der Waals surface area (Å²) in [5.41, 5.74) is -0.00895. The van der Waals surface area contributed by atoms with Crippen molar-refractivity contribution in [2.75, 3.05) is 13.3 Å². The zero-order valence-corrected chi connectivity index (χ0v) is 19.5. The zero-order valence-electron chi connectivity index (χ0n) is 16.3. The number of thioether (sulfide) groups is 1. The number of halogens is 4. The second-order valence-corrected chi connectivity index (χ2v) is 10.1. The summed E-state index contributed by atoms with van der Waals surface area (Å²) < 4.78 is 78.9. The number of alkyl halides is 3. The topological polar surface area (TPSA) is 68.5 Å². The first-order chi connectivity index (χ1) is 14.6. The number of benzene rings is 2. The van der Waals surface area contributed by atoms with Crippen LogP contribution in [0.25, 0.3) is 17.0 Å². The average molecular weight is 536 g/mol. The van der Waals surface area contributed by atoms with Gasteiger partial charge in [-0.05, 0) is 71.2 Å². The molecular weight excluding hydrogens is 519 g/mol. The molecule has 0 aliphatic heterocycles. The molecule has 0 radical (unpaired) electrons. The molecule has 0 saturated carbocycles. The molecule has 0 saturated heterocycles. The minimum atomic E-state index is -4.70. The van der Waals surface area contributed by atoms with Gasteiger partial charge in [0.15, 0.2) is 0 Å². The molecule has 166 valence electrons. The minimum Gasteiger partial charge on any atom is -0.488 e. The van der Waals surface area contributed by atoms with Crippen LogP contribution >= 0.6 is 27.7 Å². The second-order valence-electron chi connectivity index (χ2n) is 6.30. The number of rotatable bonds is 7. The van der Waals surface area contributed by atoms with Gasteiger partial charge in [0.25, 0.3) is 0 Å². The lowest BCUT2D eigenvalue weighted by atomic mass is 10.1. The average Bonchev–Trinajstić information content (AvgIpc) is 3.19. The van der Waals surface area contributed by atoms with Gasteiger partial charge in [0.05, 0.1) is 16.3 Å². The number of furan rings is 1. The molecule has 3 rings (SSSR count). The van der Waals surface area contributed by atoms with Crippen LogP contribution in [0.5, 0.6) is 5.75 Å². The number of hydrogen-bond donors (Lipinski definition) is 1. The molecule has 0 bridgehead atoms. The van der Waals surface area contributed by atoms with Crippen molar-refractivity contribution < 1.29 is 30.7 Å². The van der Waals surface area contributed by atoms with E-state index in [0.29, 0.717) is 15.6 Å². The molecule has 2 aromatic carbocycles. The highest BCUT2D eigenvalue weighted by Gasteiger charge is 2.34. The van der Waals surface area contributed by atoms with E-state index in [9.17, 15) is 21.6 Å². The van der Waals surface area contributed by atoms with Crippen LogP contribution in [-0.4, -0.2) is 21.7 Å². The van der Waals surface area contributed by atoms with Crippen LogP contribution in [0.1, 0.15) is 16.7 Å². The first-order valence-electron chi connectivity index (χ1n) is 8.74. The van der Waals surface area contributed by atoms with Crippen molar-refractivity contribution in [1.29, 1.82) is 0 Å². The maximum Gasteiger partial charge on any atom is 0.417 e. The van der Waals surface area contributed by atoms with Crippen molar-refractivity contribution in [2.24, 2.45) is 0 Å². The first kappa shape index (κ1) is 23.7. The Bertz CT molecular complexity index is 1240. The maximum atomic E-state index is 13.6. The Balaban J connectivity index is 2.05. The van der Waals surface area contributed by atoms with Gasteiger partial charge >= 0.3 is 6.18 Å². The third kappa shape index (κ3) is 5.28. The zero-order chi connectivity index (χ0) is 22.8. The van der Waals surface area contributed by atoms with E-state index < -0.39 is 21.8 Å². The van der Waals surface area contributed by atoms with Crippen LogP contribution in [0, 0.1) is 0 Å². The van der Waals surface area contributed by atoms with Crippen molar-refractivity contribution >= 4 is 54.8 Å². The minimum absolute atomic E-state index is 0.0325. The van der Waals surface area contributed by atoms with E-state index in [2.05, 4.69) is 20.7 Å². The molecule has 1 aromatic heterocycles. The molecule has 0 atom stereocenters. The molecule has 0 amide bonds. The monoisotopic (exact) mass is 535 g/mol. The smallest absolute Gasteiger partial charge is 0.417 e. The van der Waals surface area contributed by atoms with E-state index in [1.807, 2.05) is 0 Å².